The number of rotatable bonds is 9. The normalized spacial score (nSPS) is 20.5. The number of carbonyl (C=O) groups excluding carboxylic acids is 2. The van der Waals surface area contributed by atoms with Gasteiger partial charge in [-0.3, -0.25) is 19.8 Å². The lowest BCUT2D eigenvalue weighted by atomic mass is 10.1. The number of hydrogen-bond acceptors (Lipinski definition) is 8. The summed E-state index contributed by atoms with van der Waals surface area (Å²) >= 11 is 1.72. The van der Waals surface area contributed by atoms with E-state index in [2.05, 4.69) is 5.32 Å². The van der Waals surface area contributed by atoms with Crippen LogP contribution >= 0.6 is 24.2 Å². The number of halogens is 1. The van der Waals surface area contributed by atoms with Gasteiger partial charge in [0.2, 0.25) is 5.91 Å². The molecule has 38 heavy (non-hydrogen) atoms. The SMILES string of the molecule is COc1ccc(CS[C@H]2C[C@@H](C(=O)N(C)[C@H]3CCNC3)N(C(=O)OCc3ccc([N+](=O)[O-])cc3)C2)cc1.Cl. The molecule has 2 fully saturated rings. The fraction of sp³-hybridized carbons (Fsp3) is 0.462. The van der Waals surface area contributed by atoms with Gasteiger partial charge < -0.3 is 19.7 Å². The fourth-order valence-electron chi connectivity index (χ4n) is 4.62. The Morgan fingerprint density at radius 2 is 1.84 bits per heavy atom. The molecular formula is C26H33ClN4O6S. The molecule has 4 rings (SSSR count). The average Bonchev–Trinajstić information content (AvgIpc) is 3.61. The average molecular weight is 565 g/mol. The number of methoxy groups -OCH3 is 1. The molecule has 2 aromatic carbocycles. The van der Waals surface area contributed by atoms with Crippen LogP contribution in [0.5, 0.6) is 5.75 Å². The van der Waals surface area contributed by atoms with E-state index in [1.54, 1.807) is 43.0 Å². The lowest BCUT2D eigenvalue weighted by molar-refractivity contribution is -0.384. The molecule has 0 bridgehead atoms. The molecule has 0 saturated carbocycles. The Hall–Kier alpha value is -3.02. The number of benzene rings is 2. The second kappa shape index (κ2) is 13.7. The first-order valence-corrected chi connectivity index (χ1v) is 13.3. The van der Waals surface area contributed by atoms with Crippen LogP contribution in [0.25, 0.3) is 0 Å². The van der Waals surface area contributed by atoms with Crippen molar-refractivity contribution in [3.05, 3.63) is 69.8 Å². The number of nitrogens with zero attached hydrogens (tertiary/aromatic N) is 3. The van der Waals surface area contributed by atoms with Gasteiger partial charge in [0.15, 0.2) is 0 Å². The molecule has 2 aromatic rings. The topological polar surface area (TPSA) is 114 Å². The molecule has 12 heteroatoms. The van der Waals surface area contributed by atoms with E-state index in [0.717, 1.165) is 36.6 Å². The third-order valence-corrected chi connectivity index (χ3v) is 8.18. The number of hydrogen-bond donors (Lipinski definition) is 1. The summed E-state index contributed by atoms with van der Waals surface area (Å²) in [6.45, 7) is 2.00. The van der Waals surface area contributed by atoms with Gasteiger partial charge in [0.05, 0.1) is 12.0 Å². The molecular weight excluding hydrogens is 532 g/mol. The number of ether oxygens (including phenoxy) is 2. The number of non-ortho nitro benzene ring substituents is 1. The van der Waals surface area contributed by atoms with Gasteiger partial charge >= 0.3 is 6.09 Å². The number of likely N-dealkylation sites (N-methyl/N-ethyl adjacent to an activating group) is 1. The largest absolute Gasteiger partial charge is 0.497 e. The van der Waals surface area contributed by atoms with Crippen LogP contribution in [-0.4, -0.2) is 77.8 Å². The summed E-state index contributed by atoms with van der Waals surface area (Å²) in [7, 11) is 3.44. The van der Waals surface area contributed by atoms with Crippen LogP contribution in [0.3, 0.4) is 0 Å². The Bertz CT molecular complexity index is 1100. The molecule has 0 aromatic heterocycles. The molecule has 2 aliphatic heterocycles. The standard InChI is InChI=1S/C26H32N4O6S.ClH/c1-28(21-11-12-27-14-21)25(31)24-13-23(37-17-19-5-9-22(35-2)10-6-19)15-29(24)26(32)36-16-18-3-7-20(8-4-18)30(33)34;/h3-10,21,23-24,27H,11-17H2,1-2H3;1H/t21-,23-,24-;/m0./s1. The van der Waals surface area contributed by atoms with E-state index in [1.807, 2.05) is 24.3 Å². The minimum absolute atomic E-state index is 0. The highest BCUT2D eigenvalue weighted by atomic mass is 35.5. The van der Waals surface area contributed by atoms with Crippen molar-refractivity contribution in [3.63, 3.8) is 0 Å². The summed E-state index contributed by atoms with van der Waals surface area (Å²) in [5, 5.41) is 14.2. The molecule has 0 unspecified atom stereocenters. The smallest absolute Gasteiger partial charge is 0.410 e. The predicted molar refractivity (Wildman–Crippen MR) is 148 cm³/mol. The summed E-state index contributed by atoms with van der Waals surface area (Å²) in [5.41, 5.74) is 1.75. The van der Waals surface area contributed by atoms with Crippen molar-refractivity contribution in [3.8, 4) is 5.75 Å². The molecule has 0 radical (unpaired) electrons. The lowest BCUT2D eigenvalue weighted by Gasteiger charge is -2.30. The Balaban J connectivity index is 0.00000400. The minimum Gasteiger partial charge on any atom is -0.497 e. The monoisotopic (exact) mass is 564 g/mol. The molecule has 3 atom stereocenters. The number of amides is 2. The van der Waals surface area contributed by atoms with Crippen LogP contribution in [0.2, 0.25) is 0 Å². The third kappa shape index (κ3) is 7.30. The number of thioether (sulfide) groups is 1. The van der Waals surface area contributed by atoms with E-state index < -0.39 is 17.1 Å². The van der Waals surface area contributed by atoms with E-state index in [4.69, 9.17) is 9.47 Å². The summed E-state index contributed by atoms with van der Waals surface area (Å²) < 4.78 is 10.8. The van der Waals surface area contributed by atoms with Gasteiger partial charge in [-0.1, -0.05) is 12.1 Å². The second-order valence-electron chi connectivity index (χ2n) is 9.26. The Kier molecular flexibility index (Phi) is 10.6. The van der Waals surface area contributed by atoms with Gasteiger partial charge in [0.1, 0.15) is 18.4 Å². The maximum atomic E-state index is 13.5. The van der Waals surface area contributed by atoms with Gasteiger partial charge in [-0.05, 0) is 54.8 Å². The molecule has 10 nitrogen and oxygen atoms in total. The molecule has 2 saturated heterocycles. The number of nitro groups is 1. The van der Waals surface area contributed by atoms with Crippen LogP contribution in [0.1, 0.15) is 24.0 Å². The van der Waals surface area contributed by atoms with Gasteiger partial charge in [-0.25, -0.2) is 4.79 Å². The van der Waals surface area contributed by atoms with Gasteiger partial charge in [-0.15, -0.1) is 12.4 Å². The zero-order chi connectivity index (χ0) is 26.4. The van der Waals surface area contributed by atoms with Crippen molar-refractivity contribution in [2.45, 2.75) is 42.5 Å². The summed E-state index contributed by atoms with van der Waals surface area (Å²) in [5.74, 6) is 1.48. The molecule has 2 amide bonds. The predicted octanol–water partition coefficient (Wildman–Crippen LogP) is 3.86. The molecule has 2 aliphatic rings. The highest BCUT2D eigenvalue weighted by molar-refractivity contribution is 7.99. The van der Waals surface area contributed by atoms with E-state index in [0.29, 0.717) is 18.5 Å². The third-order valence-electron chi connectivity index (χ3n) is 6.87. The molecule has 0 aliphatic carbocycles. The van der Waals surface area contributed by atoms with E-state index in [1.165, 1.54) is 17.0 Å². The number of likely N-dealkylation sites (tertiary alicyclic amines) is 1. The Morgan fingerprint density at radius 1 is 1.16 bits per heavy atom. The quantitative estimate of drug-likeness (QED) is 0.361. The van der Waals surface area contributed by atoms with Gasteiger partial charge in [0, 0.05) is 49.3 Å². The van der Waals surface area contributed by atoms with Crippen molar-refractivity contribution in [2.24, 2.45) is 0 Å². The van der Waals surface area contributed by atoms with Gasteiger partial charge in [-0.2, -0.15) is 11.8 Å². The minimum atomic E-state index is -0.594. The highest BCUT2D eigenvalue weighted by Gasteiger charge is 2.43. The molecule has 206 valence electrons. The first-order chi connectivity index (χ1) is 17.9. The van der Waals surface area contributed by atoms with Crippen LogP contribution in [0.4, 0.5) is 10.5 Å². The van der Waals surface area contributed by atoms with Crippen molar-refractivity contribution in [1.29, 1.82) is 0 Å². The van der Waals surface area contributed by atoms with E-state index in [-0.39, 0.29) is 41.9 Å². The Labute approximate surface area is 232 Å². The van der Waals surface area contributed by atoms with E-state index in [9.17, 15) is 19.7 Å². The fourth-order valence-corrected chi connectivity index (χ4v) is 5.82. The second-order valence-corrected chi connectivity index (χ2v) is 10.5. The van der Waals surface area contributed by atoms with Crippen molar-refractivity contribution in [1.82, 2.24) is 15.1 Å². The first kappa shape index (κ1) is 29.5. The van der Waals surface area contributed by atoms with E-state index >= 15 is 0 Å². The molecule has 0 spiro atoms. The van der Waals surface area contributed by atoms with Crippen LogP contribution in [-0.2, 0) is 21.9 Å². The van der Waals surface area contributed by atoms with Crippen molar-refractivity contribution in [2.75, 3.05) is 33.8 Å². The molecule has 2 heterocycles. The summed E-state index contributed by atoms with van der Waals surface area (Å²) in [4.78, 5) is 40.3. The maximum absolute atomic E-state index is 13.5. The lowest BCUT2D eigenvalue weighted by Crippen LogP contribution is -2.50. The number of nitro benzene ring substituents is 1. The number of carbonyl (C=O) groups is 2. The maximum Gasteiger partial charge on any atom is 0.410 e. The van der Waals surface area contributed by atoms with Crippen molar-refractivity contribution < 1.29 is 24.0 Å². The van der Waals surface area contributed by atoms with Crippen LogP contribution in [0.15, 0.2) is 48.5 Å². The first-order valence-electron chi connectivity index (χ1n) is 12.2. The number of nitrogens with one attached hydrogen (secondary N) is 1. The van der Waals surface area contributed by atoms with Crippen LogP contribution in [0, 0.1) is 10.1 Å². The zero-order valence-electron chi connectivity index (χ0n) is 21.4. The Morgan fingerprint density at radius 3 is 2.45 bits per heavy atom. The summed E-state index contributed by atoms with van der Waals surface area (Å²) in [6, 6.07) is 13.3. The zero-order valence-corrected chi connectivity index (χ0v) is 23.0. The molecule has 1 N–H and O–H groups in total. The van der Waals surface area contributed by atoms with Gasteiger partial charge in [0.25, 0.3) is 5.69 Å². The van der Waals surface area contributed by atoms with Crippen LogP contribution < -0.4 is 10.1 Å². The van der Waals surface area contributed by atoms with Crippen molar-refractivity contribution >= 4 is 41.9 Å². The summed E-state index contributed by atoms with van der Waals surface area (Å²) in [6.07, 6.45) is 0.883. The highest BCUT2D eigenvalue weighted by Crippen LogP contribution is 2.32.